The molecule has 1 unspecified atom stereocenters. The fraction of sp³-hybridized carbons (Fsp3) is 0.947. The van der Waals surface area contributed by atoms with Crippen LogP contribution in [0.2, 0.25) is 0 Å². The number of esters is 1. The maximum absolute atomic E-state index is 11.7. The Balaban J connectivity index is 3.41. The van der Waals surface area contributed by atoms with Gasteiger partial charge < -0.3 is 14.2 Å². The van der Waals surface area contributed by atoms with E-state index in [2.05, 4.69) is 6.92 Å². The summed E-state index contributed by atoms with van der Waals surface area (Å²) in [6, 6.07) is 0. The third-order valence-electron chi connectivity index (χ3n) is 4.02. The lowest BCUT2D eigenvalue weighted by molar-refractivity contribution is -0.151. The zero-order valence-corrected chi connectivity index (χ0v) is 17.8. The Morgan fingerprint density at radius 1 is 0.889 bits per heavy atom. The molecule has 0 bridgehead atoms. The molecule has 0 fully saturated rings. The van der Waals surface area contributed by atoms with Crippen molar-refractivity contribution in [1.29, 1.82) is 0 Å². The summed E-state index contributed by atoms with van der Waals surface area (Å²) in [6.45, 7) is 4.40. The molecule has 0 radical (unpaired) electrons. The van der Waals surface area contributed by atoms with Crippen LogP contribution in [0.5, 0.6) is 0 Å². The van der Waals surface area contributed by atoms with E-state index in [0.29, 0.717) is 6.42 Å². The zero-order chi connectivity index (χ0) is 20.4. The number of carbonyl (C=O) groups excluding carboxylic acids is 1. The van der Waals surface area contributed by atoms with Gasteiger partial charge in [-0.1, -0.05) is 64.7 Å². The molecule has 0 rings (SSSR count). The van der Waals surface area contributed by atoms with Crippen molar-refractivity contribution in [3.05, 3.63) is 0 Å². The van der Waals surface area contributed by atoms with Crippen LogP contribution in [-0.2, 0) is 29.1 Å². The predicted octanol–water partition coefficient (Wildman–Crippen LogP) is 4.11. The van der Waals surface area contributed by atoms with Gasteiger partial charge in [-0.25, -0.2) is 0 Å². The van der Waals surface area contributed by atoms with E-state index < -0.39 is 16.1 Å². The number of unbranched alkanes of at least 4 members (excludes halogenated alkanes) is 9. The van der Waals surface area contributed by atoms with Gasteiger partial charge in [0, 0.05) is 6.42 Å². The normalized spacial score (nSPS) is 12.9. The van der Waals surface area contributed by atoms with E-state index in [1.165, 1.54) is 51.4 Å². The fourth-order valence-electron chi connectivity index (χ4n) is 2.61. The first-order valence-corrected chi connectivity index (χ1v) is 11.8. The number of hydrogen-bond donors (Lipinski definition) is 1. The van der Waals surface area contributed by atoms with Gasteiger partial charge in [-0.05, 0) is 13.3 Å². The Morgan fingerprint density at radius 3 is 1.96 bits per heavy atom. The number of hydrogen-bond acceptors (Lipinski definition) is 6. The van der Waals surface area contributed by atoms with Gasteiger partial charge in [-0.3, -0.25) is 9.35 Å². The molecule has 0 aliphatic carbocycles. The van der Waals surface area contributed by atoms with Gasteiger partial charge in [0.05, 0.1) is 19.8 Å². The molecule has 0 saturated carbocycles. The van der Waals surface area contributed by atoms with Gasteiger partial charge in [-0.2, -0.15) is 8.42 Å². The number of ether oxygens (including phenoxy) is 3. The van der Waals surface area contributed by atoms with Crippen molar-refractivity contribution in [2.45, 2.75) is 90.6 Å². The second-order valence-electron chi connectivity index (χ2n) is 6.92. The molecule has 1 N–H and O–H groups in total. The molecule has 0 heterocycles. The molecule has 27 heavy (non-hydrogen) atoms. The quantitative estimate of drug-likeness (QED) is 0.194. The highest BCUT2D eigenvalue weighted by Crippen LogP contribution is 2.11. The van der Waals surface area contributed by atoms with E-state index in [0.717, 1.165) is 12.8 Å². The average molecular weight is 411 g/mol. The van der Waals surface area contributed by atoms with Gasteiger partial charge in [-0.15, -0.1) is 0 Å². The molecule has 0 aliphatic rings. The minimum absolute atomic E-state index is 0.0407. The lowest BCUT2D eigenvalue weighted by Crippen LogP contribution is -2.21. The third kappa shape index (κ3) is 21.5. The Kier molecular flexibility index (Phi) is 17.0. The lowest BCUT2D eigenvalue weighted by Gasteiger charge is -2.13. The van der Waals surface area contributed by atoms with Crippen molar-refractivity contribution < 1.29 is 32.0 Å². The van der Waals surface area contributed by atoms with Gasteiger partial charge in [0.2, 0.25) is 0 Å². The van der Waals surface area contributed by atoms with Crippen LogP contribution in [0.15, 0.2) is 0 Å². The summed E-state index contributed by atoms with van der Waals surface area (Å²) in [5.41, 5.74) is 0. The monoisotopic (exact) mass is 410 g/mol. The van der Waals surface area contributed by atoms with Crippen LogP contribution in [0.25, 0.3) is 0 Å². The first-order valence-electron chi connectivity index (χ1n) is 10.1. The van der Waals surface area contributed by atoms with Crippen LogP contribution in [0.3, 0.4) is 0 Å². The van der Waals surface area contributed by atoms with E-state index in [9.17, 15) is 13.2 Å². The van der Waals surface area contributed by atoms with Crippen LogP contribution in [0.4, 0.5) is 0 Å². The molecule has 0 aromatic heterocycles. The second kappa shape index (κ2) is 17.4. The topological polar surface area (TPSA) is 99.1 Å². The van der Waals surface area contributed by atoms with E-state index >= 15 is 0 Å². The van der Waals surface area contributed by atoms with Crippen LogP contribution in [0.1, 0.15) is 84.5 Å². The second-order valence-corrected chi connectivity index (χ2v) is 8.31. The van der Waals surface area contributed by atoms with Gasteiger partial charge in [0.1, 0.15) is 6.10 Å². The summed E-state index contributed by atoms with van der Waals surface area (Å²) in [7, 11) is -4.11. The highest BCUT2D eigenvalue weighted by molar-refractivity contribution is 7.85. The zero-order valence-electron chi connectivity index (χ0n) is 17.0. The molecule has 0 amide bonds. The minimum Gasteiger partial charge on any atom is -0.460 e. The van der Waals surface area contributed by atoms with E-state index in [4.69, 9.17) is 18.8 Å². The molecule has 7 nitrogen and oxygen atoms in total. The van der Waals surface area contributed by atoms with Crippen LogP contribution in [0, 0.1) is 0 Å². The molecule has 0 aromatic carbocycles. The minimum atomic E-state index is -4.11. The molecular weight excluding hydrogens is 372 g/mol. The molecule has 1 atom stereocenters. The summed E-state index contributed by atoms with van der Waals surface area (Å²) in [5, 5.41) is 0. The SMILES string of the molecule is CCCCCCCCCCCCC(=O)OC(C)COCCOCS(=O)(=O)O. The number of rotatable bonds is 19. The first-order chi connectivity index (χ1) is 12.8. The molecule has 0 aromatic rings. The third-order valence-corrected chi connectivity index (χ3v) is 4.49. The fourth-order valence-corrected chi connectivity index (χ4v) is 2.93. The highest BCUT2D eigenvalue weighted by Gasteiger charge is 2.10. The maximum Gasteiger partial charge on any atom is 0.306 e. The molecule has 0 aliphatic heterocycles. The predicted molar refractivity (Wildman–Crippen MR) is 105 cm³/mol. The standard InChI is InChI=1S/C19H38O7S/c1-3-4-5-6-7-8-9-10-11-12-13-19(20)26-18(2)16-24-14-15-25-17-27(21,22)23/h18H,3-17H2,1-2H3,(H,21,22,23). The largest absolute Gasteiger partial charge is 0.460 e. The Morgan fingerprint density at radius 2 is 1.41 bits per heavy atom. The Labute approximate surface area is 164 Å². The van der Waals surface area contributed by atoms with E-state index in [1.54, 1.807) is 6.92 Å². The molecule has 0 spiro atoms. The van der Waals surface area contributed by atoms with Crippen LogP contribution >= 0.6 is 0 Å². The van der Waals surface area contributed by atoms with Gasteiger partial charge in [0.25, 0.3) is 10.1 Å². The highest BCUT2D eigenvalue weighted by atomic mass is 32.2. The summed E-state index contributed by atoms with van der Waals surface area (Å²) in [6.07, 6.45) is 12.3. The van der Waals surface area contributed by atoms with E-state index in [-0.39, 0.29) is 31.9 Å². The van der Waals surface area contributed by atoms with Gasteiger partial charge in [0.15, 0.2) is 5.94 Å². The van der Waals surface area contributed by atoms with Crippen molar-refractivity contribution in [2.24, 2.45) is 0 Å². The Bertz CT molecular complexity index is 451. The average Bonchev–Trinajstić information content (AvgIpc) is 2.58. The summed E-state index contributed by atoms with van der Waals surface area (Å²) in [5.74, 6) is -0.965. The Hall–Kier alpha value is -0.700. The van der Waals surface area contributed by atoms with Crippen LogP contribution in [-0.4, -0.2) is 50.8 Å². The summed E-state index contributed by atoms with van der Waals surface area (Å²) in [4.78, 5) is 11.7. The van der Waals surface area contributed by atoms with Crippen molar-refractivity contribution in [3.8, 4) is 0 Å². The summed E-state index contributed by atoms with van der Waals surface area (Å²) < 4.78 is 44.5. The smallest absolute Gasteiger partial charge is 0.306 e. The van der Waals surface area contributed by atoms with Crippen molar-refractivity contribution in [2.75, 3.05) is 25.8 Å². The molecular formula is C19H38O7S. The number of carbonyl (C=O) groups is 1. The van der Waals surface area contributed by atoms with Crippen molar-refractivity contribution in [3.63, 3.8) is 0 Å². The van der Waals surface area contributed by atoms with Crippen molar-refractivity contribution in [1.82, 2.24) is 0 Å². The van der Waals surface area contributed by atoms with Crippen molar-refractivity contribution >= 4 is 16.1 Å². The molecule has 162 valence electrons. The van der Waals surface area contributed by atoms with Crippen LogP contribution < -0.4 is 0 Å². The van der Waals surface area contributed by atoms with Gasteiger partial charge >= 0.3 is 5.97 Å². The van der Waals surface area contributed by atoms with E-state index in [1.807, 2.05) is 0 Å². The molecule has 0 saturated heterocycles. The lowest BCUT2D eigenvalue weighted by atomic mass is 10.1. The maximum atomic E-state index is 11.7. The summed E-state index contributed by atoms with van der Waals surface area (Å²) >= 11 is 0. The molecule has 8 heteroatoms. The first kappa shape index (κ1) is 26.3.